The summed E-state index contributed by atoms with van der Waals surface area (Å²) >= 11 is 0. The number of hydrogen-bond acceptors (Lipinski definition) is 4. The summed E-state index contributed by atoms with van der Waals surface area (Å²) in [6, 6.07) is 7.61. The molecule has 25 heavy (non-hydrogen) atoms. The molecule has 1 saturated heterocycles. The lowest BCUT2D eigenvalue weighted by atomic mass is 10.0. The van der Waals surface area contributed by atoms with Gasteiger partial charge < -0.3 is 20.4 Å². The van der Waals surface area contributed by atoms with E-state index in [0.717, 1.165) is 50.5 Å². The van der Waals surface area contributed by atoms with Gasteiger partial charge in [0.15, 0.2) is 0 Å². The summed E-state index contributed by atoms with van der Waals surface area (Å²) < 4.78 is 7.65. The zero-order valence-electron chi connectivity index (χ0n) is 15.1. The normalized spacial score (nSPS) is 17.1. The quantitative estimate of drug-likeness (QED) is 0.839. The molecule has 2 aromatic rings. The van der Waals surface area contributed by atoms with Gasteiger partial charge in [0, 0.05) is 49.0 Å². The number of nitrogens with zero attached hydrogens (tertiary/aromatic N) is 2. The van der Waals surface area contributed by atoms with Gasteiger partial charge in [0.1, 0.15) is 0 Å². The Morgan fingerprint density at radius 1 is 1.24 bits per heavy atom. The van der Waals surface area contributed by atoms with E-state index in [1.165, 1.54) is 5.52 Å². The van der Waals surface area contributed by atoms with Crippen LogP contribution in [0.25, 0.3) is 10.9 Å². The fraction of sp³-hybridized carbons (Fsp3) is 0.526. The van der Waals surface area contributed by atoms with Crippen LogP contribution in [0.3, 0.4) is 0 Å². The van der Waals surface area contributed by atoms with E-state index in [1.54, 1.807) is 0 Å². The second kappa shape index (κ2) is 7.99. The lowest BCUT2D eigenvalue weighted by Crippen LogP contribution is -2.39. The third-order valence-corrected chi connectivity index (χ3v) is 4.82. The summed E-state index contributed by atoms with van der Waals surface area (Å²) in [5, 5.41) is 4.04. The van der Waals surface area contributed by atoms with Crippen molar-refractivity contribution in [2.75, 3.05) is 38.2 Å². The van der Waals surface area contributed by atoms with Gasteiger partial charge in [0.2, 0.25) is 5.91 Å². The van der Waals surface area contributed by atoms with Crippen molar-refractivity contribution >= 4 is 22.5 Å². The molecule has 0 saturated carbocycles. The number of benzene rings is 1. The van der Waals surface area contributed by atoms with Crippen LogP contribution in [0.5, 0.6) is 0 Å². The third-order valence-electron chi connectivity index (χ3n) is 4.82. The molecule has 0 spiro atoms. The number of morpholine rings is 1. The van der Waals surface area contributed by atoms with E-state index in [2.05, 4.69) is 33.1 Å². The first-order valence-corrected chi connectivity index (χ1v) is 9.00. The van der Waals surface area contributed by atoms with Gasteiger partial charge in [0.05, 0.1) is 19.3 Å². The number of carbonyl (C=O) groups excluding carboxylic acids is 1. The number of amides is 1. The second-order valence-corrected chi connectivity index (χ2v) is 7.00. The molecule has 1 aromatic heterocycles. The fourth-order valence-electron chi connectivity index (χ4n) is 3.08. The Balaban J connectivity index is 1.65. The molecule has 1 amide bonds. The highest BCUT2D eigenvalue weighted by molar-refractivity contribution is 5.97. The number of carbonyl (C=O) groups is 1. The molecule has 6 nitrogen and oxygen atoms in total. The highest BCUT2D eigenvalue weighted by Gasteiger charge is 2.17. The molecule has 3 rings (SSSR count). The molecule has 1 atom stereocenters. The van der Waals surface area contributed by atoms with Crippen LogP contribution >= 0.6 is 0 Å². The van der Waals surface area contributed by atoms with Crippen LogP contribution in [0.4, 0.5) is 5.69 Å². The predicted molar refractivity (Wildman–Crippen MR) is 101 cm³/mol. The maximum Gasteiger partial charge on any atom is 0.241 e. The molecule has 1 fully saturated rings. The number of hydrogen-bond donors (Lipinski definition) is 2. The molecule has 3 N–H and O–H groups in total. The van der Waals surface area contributed by atoms with Gasteiger partial charge in [-0.3, -0.25) is 9.69 Å². The topological polar surface area (TPSA) is 72.5 Å². The predicted octanol–water partition coefficient (Wildman–Crippen LogP) is 1.90. The van der Waals surface area contributed by atoms with Gasteiger partial charge in [-0.15, -0.1) is 0 Å². The minimum absolute atomic E-state index is 0.116. The average Bonchev–Trinajstić information content (AvgIpc) is 3.02. The zero-order valence-corrected chi connectivity index (χ0v) is 15.1. The maximum absolute atomic E-state index is 12.1. The molecule has 1 aromatic carbocycles. The Labute approximate surface area is 148 Å². The Bertz CT molecular complexity index is 719. The van der Waals surface area contributed by atoms with Crippen LogP contribution in [0.15, 0.2) is 30.5 Å². The van der Waals surface area contributed by atoms with E-state index >= 15 is 0 Å². The average molecular weight is 344 g/mol. The second-order valence-electron chi connectivity index (χ2n) is 7.00. The molecule has 1 aliphatic heterocycles. The number of nitrogens with one attached hydrogen (secondary N) is 1. The summed E-state index contributed by atoms with van der Waals surface area (Å²) in [5.41, 5.74) is 7.88. The van der Waals surface area contributed by atoms with Crippen LogP contribution in [0.2, 0.25) is 0 Å². The first-order valence-electron chi connectivity index (χ1n) is 9.00. The lowest BCUT2D eigenvalue weighted by molar-refractivity contribution is -0.118. The van der Waals surface area contributed by atoms with Crippen molar-refractivity contribution in [3.05, 3.63) is 30.5 Å². The Hall–Kier alpha value is -1.89. The molecule has 0 radical (unpaired) electrons. The van der Waals surface area contributed by atoms with Crippen LogP contribution in [-0.2, 0) is 16.1 Å². The van der Waals surface area contributed by atoms with Crippen molar-refractivity contribution in [1.82, 2.24) is 9.47 Å². The Kier molecular flexibility index (Phi) is 5.73. The summed E-state index contributed by atoms with van der Waals surface area (Å²) in [7, 11) is 0. The largest absolute Gasteiger partial charge is 0.379 e. The number of fused-ring (bicyclic) bond motifs is 1. The lowest BCUT2D eigenvalue weighted by Gasteiger charge is -2.26. The van der Waals surface area contributed by atoms with Gasteiger partial charge in [-0.2, -0.15) is 0 Å². The summed E-state index contributed by atoms with van der Waals surface area (Å²) in [5.74, 6) is -0.0221. The number of rotatable bonds is 6. The third kappa shape index (κ3) is 4.39. The first-order chi connectivity index (χ1) is 12.0. The molecule has 0 unspecified atom stereocenters. The number of aromatic nitrogens is 1. The fourth-order valence-corrected chi connectivity index (χ4v) is 3.08. The van der Waals surface area contributed by atoms with Crippen LogP contribution in [-0.4, -0.2) is 54.3 Å². The van der Waals surface area contributed by atoms with Gasteiger partial charge in [-0.05, 0) is 30.2 Å². The van der Waals surface area contributed by atoms with Gasteiger partial charge in [-0.1, -0.05) is 13.8 Å². The van der Waals surface area contributed by atoms with Crippen molar-refractivity contribution in [2.24, 2.45) is 11.7 Å². The highest BCUT2D eigenvalue weighted by Crippen LogP contribution is 2.21. The van der Waals surface area contributed by atoms with Crippen molar-refractivity contribution < 1.29 is 9.53 Å². The standard InChI is InChI=1S/C19H28N4O2/c1-14(2)18(20)19(24)21-16-3-4-17-15(13-16)5-6-23(17)8-7-22-9-11-25-12-10-22/h3-6,13-14,18H,7-12,20H2,1-2H3,(H,21,24)/t18-/m0/s1. The van der Waals surface area contributed by atoms with E-state index in [4.69, 9.17) is 10.5 Å². The molecule has 1 aliphatic rings. The first kappa shape index (κ1) is 17.9. The smallest absolute Gasteiger partial charge is 0.241 e. The molecular weight excluding hydrogens is 316 g/mol. The molecule has 2 heterocycles. The summed E-state index contributed by atoms with van der Waals surface area (Å²) in [4.78, 5) is 14.5. The minimum atomic E-state index is -0.492. The van der Waals surface area contributed by atoms with Crippen LogP contribution in [0.1, 0.15) is 13.8 Å². The zero-order chi connectivity index (χ0) is 17.8. The van der Waals surface area contributed by atoms with Crippen molar-refractivity contribution in [2.45, 2.75) is 26.4 Å². The van der Waals surface area contributed by atoms with E-state index in [9.17, 15) is 4.79 Å². The maximum atomic E-state index is 12.1. The van der Waals surface area contributed by atoms with Crippen molar-refractivity contribution in [3.8, 4) is 0 Å². The van der Waals surface area contributed by atoms with Crippen LogP contribution < -0.4 is 11.1 Å². The molecular formula is C19H28N4O2. The number of anilines is 1. The van der Waals surface area contributed by atoms with Gasteiger partial charge >= 0.3 is 0 Å². The molecule has 6 heteroatoms. The monoisotopic (exact) mass is 344 g/mol. The molecule has 0 bridgehead atoms. The number of ether oxygens (including phenoxy) is 1. The van der Waals surface area contributed by atoms with Crippen molar-refractivity contribution in [1.29, 1.82) is 0 Å². The summed E-state index contributed by atoms with van der Waals surface area (Å²) in [6.45, 7) is 9.53. The number of nitrogens with two attached hydrogens (primary N) is 1. The van der Waals surface area contributed by atoms with Gasteiger partial charge in [-0.25, -0.2) is 0 Å². The molecule has 136 valence electrons. The molecule has 0 aliphatic carbocycles. The van der Waals surface area contributed by atoms with Crippen LogP contribution in [0, 0.1) is 5.92 Å². The van der Waals surface area contributed by atoms with E-state index in [0.29, 0.717) is 0 Å². The summed E-state index contributed by atoms with van der Waals surface area (Å²) in [6.07, 6.45) is 2.11. The highest BCUT2D eigenvalue weighted by atomic mass is 16.5. The SMILES string of the molecule is CC(C)[C@H](N)C(=O)Nc1ccc2c(ccn2CCN2CCOCC2)c1. The van der Waals surface area contributed by atoms with E-state index in [-0.39, 0.29) is 11.8 Å². The Morgan fingerprint density at radius 3 is 2.72 bits per heavy atom. The van der Waals surface area contributed by atoms with E-state index < -0.39 is 6.04 Å². The van der Waals surface area contributed by atoms with Gasteiger partial charge in [0.25, 0.3) is 0 Å². The van der Waals surface area contributed by atoms with E-state index in [1.807, 2.05) is 26.0 Å². The van der Waals surface area contributed by atoms with Crippen molar-refractivity contribution in [3.63, 3.8) is 0 Å². The minimum Gasteiger partial charge on any atom is -0.379 e. The Morgan fingerprint density at radius 2 is 2.00 bits per heavy atom.